The van der Waals surface area contributed by atoms with E-state index in [0.717, 1.165) is 16.8 Å². The molecule has 0 amide bonds. The van der Waals surface area contributed by atoms with Crippen molar-refractivity contribution in [2.75, 3.05) is 5.73 Å². The van der Waals surface area contributed by atoms with Gasteiger partial charge in [0.2, 0.25) is 0 Å². The number of aromatic nitrogens is 2. The molecule has 0 aliphatic rings. The Morgan fingerprint density at radius 2 is 1.80 bits per heavy atom. The number of hydrogen-bond acceptors (Lipinski definition) is 2. The molecule has 1 unspecified atom stereocenters. The minimum absolute atomic E-state index is 0.163. The molecule has 0 radical (unpaired) electrons. The minimum atomic E-state index is 0.163. The van der Waals surface area contributed by atoms with Crippen LogP contribution in [0.15, 0.2) is 67.0 Å². The molecule has 0 aliphatic carbocycles. The molecule has 0 aliphatic heterocycles. The van der Waals surface area contributed by atoms with E-state index in [1.807, 2.05) is 47.3 Å². The summed E-state index contributed by atoms with van der Waals surface area (Å²) in [4.78, 5) is 0. The van der Waals surface area contributed by atoms with E-state index in [-0.39, 0.29) is 6.04 Å². The van der Waals surface area contributed by atoms with Crippen LogP contribution in [-0.4, -0.2) is 9.78 Å². The van der Waals surface area contributed by atoms with Crippen LogP contribution in [0, 0.1) is 0 Å². The predicted octanol–water partition coefficient (Wildman–Crippen LogP) is 3.74. The third-order valence-corrected chi connectivity index (χ3v) is 3.50. The predicted molar refractivity (Wildman–Crippen MR) is 82.3 cm³/mol. The van der Waals surface area contributed by atoms with Gasteiger partial charge in [0.25, 0.3) is 0 Å². The van der Waals surface area contributed by atoms with Crippen molar-refractivity contribution in [1.82, 2.24) is 9.78 Å². The maximum absolute atomic E-state index is 5.84. The fraction of sp³-hybridized carbons (Fsp3) is 0.118. The molecule has 3 nitrogen and oxygen atoms in total. The lowest BCUT2D eigenvalue weighted by Crippen LogP contribution is -2.07. The Hall–Kier alpha value is -2.55. The standard InChI is InChI=1S/C17H17N3/c1-13(15-8-5-9-17(18)10-15)20-12-16(11-19-20)14-6-3-2-4-7-14/h2-13H,18H2,1H3. The molecular formula is C17H17N3. The summed E-state index contributed by atoms with van der Waals surface area (Å²) < 4.78 is 1.97. The van der Waals surface area contributed by atoms with Crippen LogP contribution in [-0.2, 0) is 0 Å². The molecule has 100 valence electrons. The minimum Gasteiger partial charge on any atom is -0.399 e. The van der Waals surface area contributed by atoms with E-state index >= 15 is 0 Å². The van der Waals surface area contributed by atoms with Gasteiger partial charge in [0.15, 0.2) is 0 Å². The SMILES string of the molecule is CC(c1cccc(N)c1)n1cc(-c2ccccc2)cn1. The average molecular weight is 263 g/mol. The molecule has 3 rings (SSSR count). The van der Waals surface area contributed by atoms with E-state index in [2.05, 4.69) is 36.4 Å². The van der Waals surface area contributed by atoms with Gasteiger partial charge >= 0.3 is 0 Å². The summed E-state index contributed by atoms with van der Waals surface area (Å²) in [6.45, 7) is 2.12. The normalized spacial score (nSPS) is 12.2. The summed E-state index contributed by atoms with van der Waals surface area (Å²) in [7, 11) is 0. The Bertz CT molecular complexity index is 701. The molecule has 1 aromatic heterocycles. The summed E-state index contributed by atoms with van der Waals surface area (Å²) in [5.41, 5.74) is 10.1. The summed E-state index contributed by atoms with van der Waals surface area (Å²) in [6, 6.07) is 18.4. The lowest BCUT2D eigenvalue weighted by molar-refractivity contribution is 0.565. The molecule has 0 saturated heterocycles. The highest BCUT2D eigenvalue weighted by molar-refractivity contribution is 5.61. The molecule has 2 N–H and O–H groups in total. The first-order valence-corrected chi connectivity index (χ1v) is 6.69. The lowest BCUT2D eigenvalue weighted by Gasteiger charge is -2.13. The van der Waals surface area contributed by atoms with Crippen LogP contribution in [0.3, 0.4) is 0 Å². The fourth-order valence-electron chi connectivity index (χ4n) is 2.30. The highest BCUT2D eigenvalue weighted by Gasteiger charge is 2.10. The van der Waals surface area contributed by atoms with E-state index in [4.69, 9.17) is 5.73 Å². The van der Waals surface area contributed by atoms with Crippen molar-refractivity contribution in [3.8, 4) is 11.1 Å². The summed E-state index contributed by atoms with van der Waals surface area (Å²) in [5, 5.41) is 4.47. The smallest absolute Gasteiger partial charge is 0.0741 e. The molecule has 20 heavy (non-hydrogen) atoms. The van der Waals surface area contributed by atoms with Crippen molar-refractivity contribution in [1.29, 1.82) is 0 Å². The van der Waals surface area contributed by atoms with Gasteiger partial charge in [0.05, 0.1) is 12.2 Å². The van der Waals surface area contributed by atoms with Gasteiger partial charge < -0.3 is 5.73 Å². The Morgan fingerprint density at radius 1 is 1.00 bits per heavy atom. The first-order valence-electron chi connectivity index (χ1n) is 6.69. The number of nitrogens with zero attached hydrogens (tertiary/aromatic N) is 2. The molecular weight excluding hydrogens is 246 g/mol. The zero-order valence-electron chi connectivity index (χ0n) is 11.4. The van der Waals surface area contributed by atoms with E-state index in [1.54, 1.807) is 0 Å². The van der Waals surface area contributed by atoms with Crippen LogP contribution < -0.4 is 5.73 Å². The van der Waals surface area contributed by atoms with Gasteiger partial charge in [-0.25, -0.2) is 0 Å². The quantitative estimate of drug-likeness (QED) is 0.731. The molecule has 0 saturated carbocycles. The number of hydrogen-bond donors (Lipinski definition) is 1. The number of benzene rings is 2. The van der Waals surface area contributed by atoms with Crippen molar-refractivity contribution >= 4 is 5.69 Å². The Kier molecular flexibility index (Phi) is 3.25. The number of rotatable bonds is 3. The highest BCUT2D eigenvalue weighted by atomic mass is 15.3. The zero-order valence-corrected chi connectivity index (χ0v) is 11.4. The summed E-state index contributed by atoms with van der Waals surface area (Å²) >= 11 is 0. The molecule has 1 heterocycles. The first-order chi connectivity index (χ1) is 9.74. The number of nitrogen functional groups attached to an aromatic ring is 1. The highest BCUT2D eigenvalue weighted by Crippen LogP contribution is 2.23. The molecule has 0 spiro atoms. The van der Waals surface area contributed by atoms with Gasteiger partial charge in [0, 0.05) is 17.4 Å². The molecule has 3 aromatic rings. The van der Waals surface area contributed by atoms with Crippen molar-refractivity contribution in [2.24, 2.45) is 0 Å². The van der Waals surface area contributed by atoms with E-state index < -0.39 is 0 Å². The van der Waals surface area contributed by atoms with Crippen LogP contribution in [0.25, 0.3) is 11.1 Å². The Balaban J connectivity index is 1.90. The molecule has 0 bridgehead atoms. The third kappa shape index (κ3) is 2.43. The zero-order chi connectivity index (χ0) is 13.9. The van der Waals surface area contributed by atoms with Crippen LogP contribution in [0.1, 0.15) is 18.5 Å². The van der Waals surface area contributed by atoms with E-state index in [0.29, 0.717) is 0 Å². The molecule has 2 aromatic carbocycles. The van der Waals surface area contributed by atoms with Crippen LogP contribution in [0.2, 0.25) is 0 Å². The van der Waals surface area contributed by atoms with E-state index in [1.165, 1.54) is 5.56 Å². The maximum atomic E-state index is 5.84. The first kappa shape index (κ1) is 12.5. The molecule has 1 atom stereocenters. The largest absolute Gasteiger partial charge is 0.399 e. The summed E-state index contributed by atoms with van der Waals surface area (Å²) in [6.07, 6.45) is 3.97. The fourth-order valence-corrected chi connectivity index (χ4v) is 2.30. The van der Waals surface area contributed by atoms with Gasteiger partial charge in [-0.1, -0.05) is 42.5 Å². The lowest BCUT2D eigenvalue weighted by atomic mass is 10.1. The second-order valence-corrected chi connectivity index (χ2v) is 4.92. The molecule has 0 fully saturated rings. The van der Waals surface area contributed by atoms with Crippen molar-refractivity contribution in [3.63, 3.8) is 0 Å². The topological polar surface area (TPSA) is 43.8 Å². The second kappa shape index (κ2) is 5.21. The second-order valence-electron chi connectivity index (χ2n) is 4.92. The third-order valence-electron chi connectivity index (χ3n) is 3.50. The van der Waals surface area contributed by atoms with Crippen molar-refractivity contribution < 1.29 is 0 Å². The van der Waals surface area contributed by atoms with Crippen LogP contribution in [0.5, 0.6) is 0 Å². The van der Waals surface area contributed by atoms with Gasteiger partial charge in [-0.15, -0.1) is 0 Å². The van der Waals surface area contributed by atoms with Crippen LogP contribution in [0.4, 0.5) is 5.69 Å². The monoisotopic (exact) mass is 263 g/mol. The molecule has 3 heteroatoms. The Labute approximate surface area is 118 Å². The van der Waals surface area contributed by atoms with Gasteiger partial charge in [-0.3, -0.25) is 4.68 Å². The summed E-state index contributed by atoms with van der Waals surface area (Å²) in [5.74, 6) is 0. The van der Waals surface area contributed by atoms with Crippen molar-refractivity contribution in [3.05, 3.63) is 72.6 Å². The van der Waals surface area contributed by atoms with Crippen molar-refractivity contribution in [2.45, 2.75) is 13.0 Å². The van der Waals surface area contributed by atoms with Gasteiger partial charge in [0.1, 0.15) is 0 Å². The van der Waals surface area contributed by atoms with Crippen LogP contribution >= 0.6 is 0 Å². The Morgan fingerprint density at radius 3 is 2.55 bits per heavy atom. The number of nitrogens with two attached hydrogens (primary N) is 1. The number of anilines is 1. The van der Waals surface area contributed by atoms with E-state index in [9.17, 15) is 0 Å². The van der Waals surface area contributed by atoms with Gasteiger partial charge in [-0.2, -0.15) is 5.10 Å². The van der Waals surface area contributed by atoms with Gasteiger partial charge in [-0.05, 0) is 30.2 Å². The average Bonchev–Trinajstić information content (AvgIpc) is 2.97. The maximum Gasteiger partial charge on any atom is 0.0741 e.